The number of ether oxygens (including phenoxy) is 1. The molecule has 0 amide bonds. The molecule has 1 aromatic heterocycles. The highest BCUT2D eigenvalue weighted by Crippen LogP contribution is 2.41. The van der Waals surface area contributed by atoms with E-state index in [1.807, 2.05) is 19.1 Å². The van der Waals surface area contributed by atoms with Crippen molar-refractivity contribution < 1.29 is 4.74 Å². The van der Waals surface area contributed by atoms with Crippen molar-refractivity contribution in [3.63, 3.8) is 0 Å². The monoisotopic (exact) mass is 262 g/mol. The Morgan fingerprint density at radius 2 is 2.28 bits per heavy atom. The Balaban J connectivity index is 2.17. The van der Waals surface area contributed by atoms with Crippen molar-refractivity contribution in [2.45, 2.75) is 32.7 Å². The van der Waals surface area contributed by atoms with Gasteiger partial charge in [0.05, 0.1) is 12.1 Å². The topological polar surface area (TPSA) is 29.9 Å². The molecule has 1 aliphatic rings. The summed E-state index contributed by atoms with van der Waals surface area (Å²) in [6.45, 7) is 4.93. The molecule has 3 rings (SSSR count). The maximum atomic E-state index is 5.65. The Hall–Kier alpha value is -1.29. The van der Waals surface area contributed by atoms with Crippen LogP contribution in [0, 0.1) is 10.7 Å². The molecule has 1 aliphatic carbocycles. The SMILES string of the molecule is CCOc1cccc2c1[nH]c(=S)n2C(C)C1CC1. The van der Waals surface area contributed by atoms with Gasteiger partial charge in [-0.25, -0.2) is 0 Å². The fourth-order valence-electron chi connectivity index (χ4n) is 2.59. The molecule has 1 unspecified atom stereocenters. The van der Waals surface area contributed by atoms with Crippen molar-refractivity contribution in [2.75, 3.05) is 6.61 Å². The molecule has 0 saturated heterocycles. The lowest BCUT2D eigenvalue weighted by Crippen LogP contribution is -2.06. The molecule has 2 aromatic rings. The van der Waals surface area contributed by atoms with E-state index >= 15 is 0 Å². The molecule has 1 saturated carbocycles. The molecule has 1 aromatic carbocycles. The van der Waals surface area contributed by atoms with Crippen molar-refractivity contribution in [1.29, 1.82) is 0 Å². The van der Waals surface area contributed by atoms with E-state index in [9.17, 15) is 0 Å². The van der Waals surface area contributed by atoms with Crippen LogP contribution >= 0.6 is 12.2 Å². The Morgan fingerprint density at radius 3 is 2.94 bits per heavy atom. The highest BCUT2D eigenvalue weighted by molar-refractivity contribution is 7.71. The zero-order valence-electron chi connectivity index (χ0n) is 10.8. The molecule has 0 radical (unpaired) electrons. The number of H-pyrrole nitrogens is 1. The van der Waals surface area contributed by atoms with Gasteiger partial charge in [0.1, 0.15) is 11.3 Å². The van der Waals surface area contributed by atoms with Crippen LogP contribution in [0.15, 0.2) is 18.2 Å². The van der Waals surface area contributed by atoms with Gasteiger partial charge in [0, 0.05) is 6.04 Å². The molecule has 18 heavy (non-hydrogen) atoms. The molecule has 0 bridgehead atoms. The molecule has 1 heterocycles. The quantitative estimate of drug-likeness (QED) is 0.842. The van der Waals surface area contributed by atoms with E-state index in [2.05, 4.69) is 22.5 Å². The first kappa shape index (κ1) is 11.8. The van der Waals surface area contributed by atoms with Crippen molar-refractivity contribution >= 4 is 23.3 Å². The number of nitrogens with one attached hydrogen (secondary N) is 1. The van der Waals surface area contributed by atoms with Gasteiger partial charge >= 0.3 is 0 Å². The van der Waals surface area contributed by atoms with Gasteiger partial charge in [-0.1, -0.05) is 6.07 Å². The lowest BCUT2D eigenvalue weighted by molar-refractivity contribution is 0.343. The summed E-state index contributed by atoms with van der Waals surface area (Å²) in [5.74, 6) is 1.68. The molecule has 1 atom stereocenters. The zero-order chi connectivity index (χ0) is 12.7. The van der Waals surface area contributed by atoms with Gasteiger partial charge in [-0.3, -0.25) is 0 Å². The molecule has 0 aliphatic heterocycles. The molecule has 1 N–H and O–H groups in total. The third kappa shape index (κ3) is 1.85. The number of nitrogens with zero attached hydrogens (tertiary/aromatic N) is 1. The Kier molecular flexibility index (Phi) is 2.90. The molecular formula is C14H18N2OS. The van der Waals surface area contributed by atoms with E-state index in [1.54, 1.807) is 0 Å². The standard InChI is InChI=1S/C14H18N2OS/c1-3-17-12-6-4-5-11-13(12)15-14(18)16(11)9(2)10-7-8-10/h4-6,9-10H,3,7-8H2,1-2H3,(H,15,18). The lowest BCUT2D eigenvalue weighted by Gasteiger charge is -2.13. The molecule has 4 heteroatoms. The first-order valence-corrected chi connectivity index (χ1v) is 6.99. The van der Waals surface area contributed by atoms with Crippen LogP contribution in [0.2, 0.25) is 0 Å². The third-order valence-corrected chi connectivity index (χ3v) is 4.02. The van der Waals surface area contributed by atoms with Gasteiger partial charge in [-0.05, 0) is 57.0 Å². The number of aromatic amines is 1. The number of fused-ring (bicyclic) bond motifs is 1. The van der Waals surface area contributed by atoms with Crippen molar-refractivity contribution in [1.82, 2.24) is 9.55 Å². The van der Waals surface area contributed by atoms with Crippen LogP contribution in [-0.4, -0.2) is 16.2 Å². The van der Waals surface area contributed by atoms with Gasteiger partial charge in [0.15, 0.2) is 4.77 Å². The summed E-state index contributed by atoms with van der Waals surface area (Å²) < 4.78 is 8.70. The molecular weight excluding hydrogens is 244 g/mol. The number of rotatable bonds is 4. The number of para-hydroxylation sites is 1. The highest BCUT2D eigenvalue weighted by atomic mass is 32.1. The second-order valence-corrected chi connectivity index (χ2v) is 5.35. The summed E-state index contributed by atoms with van der Waals surface area (Å²) >= 11 is 5.47. The average molecular weight is 262 g/mol. The summed E-state index contributed by atoms with van der Waals surface area (Å²) in [6.07, 6.45) is 2.64. The Labute approximate surface area is 112 Å². The fraction of sp³-hybridized carbons (Fsp3) is 0.500. The van der Waals surface area contributed by atoms with Crippen LogP contribution in [0.5, 0.6) is 5.75 Å². The lowest BCUT2D eigenvalue weighted by atomic mass is 10.2. The maximum Gasteiger partial charge on any atom is 0.178 e. The third-order valence-electron chi connectivity index (χ3n) is 3.73. The first-order valence-electron chi connectivity index (χ1n) is 6.58. The summed E-state index contributed by atoms with van der Waals surface area (Å²) in [5.41, 5.74) is 2.18. The van der Waals surface area contributed by atoms with E-state index < -0.39 is 0 Å². The second-order valence-electron chi connectivity index (χ2n) is 4.96. The van der Waals surface area contributed by atoms with Crippen LogP contribution < -0.4 is 4.74 Å². The summed E-state index contributed by atoms with van der Waals surface area (Å²) in [6, 6.07) is 6.61. The van der Waals surface area contributed by atoms with E-state index in [4.69, 9.17) is 17.0 Å². The van der Waals surface area contributed by atoms with Crippen LogP contribution in [-0.2, 0) is 0 Å². The highest BCUT2D eigenvalue weighted by Gasteiger charge is 2.30. The fourth-order valence-corrected chi connectivity index (χ4v) is 2.96. The largest absolute Gasteiger partial charge is 0.492 e. The van der Waals surface area contributed by atoms with Crippen LogP contribution in [0.3, 0.4) is 0 Å². The minimum atomic E-state index is 0.475. The molecule has 1 fully saturated rings. The zero-order valence-corrected chi connectivity index (χ0v) is 11.6. The van der Waals surface area contributed by atoms with Gasteiger partial charge in [-0.2, -0.15) is 0 Å². The van der Waals surface area contributed by atoms with Crippen LogP contribution in [0.1, 0.15) is 32.7 Å². The van der Waals surface area contributed by atoms with Gasteiger partial charge in [-0.15, -0.1) is 0 Å². The maximum absolute atomic E-state index is 5.65. The molecule has 96 valence electrons. The van der Waals surface area contributed by atoms with Gasteiger partial charge in [0.25, 0.3) is 0 Å². The average Bonchev–Trinajstić information content (AvgIpc) is 3.13. The number of aromatic nitrogens is 2. The molecule has 0 spiro atoms. The number of hydrogen-bond donors (Lipinski definition) is 1. The summed E-state index contributed by atoms with van der Waals surface area (Å²) in [4.78, 5) is 3.30. The van der Waals surface area contributed by atoms with Crippen LogP contribution in [0.25, 0.3) is 11.0 Å². The van der Waals surface area contributed by atoms with E-state index in [-0.39, 0.29) is 0 Å². The van der Waals surface area contributed by atoms with Crippen molar-refractivity contribution in [3.05, 3.63) is 23.0 Å². The smallest absolute Gasteiger partial charge is 0.178 e. The van der Waals surface area contributed by atoms with E-state index in [0.29, 0.717) is 12.6 Å². The van der Waals surface area contributed by atoms with Crippen LogP contribution in [0.4, 0.5) is 0 Å². The Morgan fingerprint density at radius 1 is 1.50 bits per heavy atom. The van der Waals surface area contributed by atoms with Crippen molar-refractivity contribution in [3.8, 4) is 5.75 Å². The minimum absolute atomic E-state index is 0.475. The van der Waals surface area contributed by atoms with Crippen molar-refractivity contribution in [2.24, 2.45) is 5.92 Å². The number of benzene rings is 1. The normalized spacial score (nSPS) is 17.0. The second kappa shape index (κ2) is 4.43. The molecule has 3 nitrogen and oxygen atoms in total. The van der Waals surface area contributed by atoms with E-state index in [1.165, 1.54) is 12.8 Å². The summed E-state index contributed by atoms with van der Waals surface area (Å²) in [7, 11) is 0. The van der Waals surface area contributed by atoms with Gasteiger partial charge in [0.2, 0.25) is 0 Å². The minimum Gasteiger partial charge on any atom is -0.492 e. The number of imidazole rings is 1. The summed E-state index contributed by atoms with van der Waals surface area (Å²) in [5, 5.41) is 0. The van der Waals surface area contributed by atoms with E-state index in [0.717, 1.165) is 27.5 Å². The predicted octanol–water partition coefficient (Wildman–Crippen LogP) is 4.07. The Bertz CT molecular complexity index is 624. The number of hydrogen-bond acceptors (Lipinski definition) is 2. The first-order chi connectivity index (χ1) is 8.72. The predicted molar refractivity (Wildman–Crippen MR) is 75.7 cm³/mol. The van der Waals surface area contributed by atoms with Gasteiger partial charge < -0.3 is 14.3 Å².